The van der Waals surface area contributed by atoms with Gasteiger partial charge in [0.2, 0.25) is 21.8 Å². The molecule has 0 saturated carbocycles. The number of benzene rings is 1. The lowest BCUT2D eigenvalue weighted by Gasteiger charge is -2.37. The number of piperidine rings is 2. The number of primary amides is 1. The van der Waals surface area contributed by atoms with Crippen molar-refractivity contribution in [3.8, 4) is 0 Å². The van der Waals surface area contributed by atoms with Gasteiger partial charge in [0.15, 0.2) is 0 Å². The Hall–Kier alpha value is -1.93. The summed E-state index contributed by atoms with van der Waals surface area (Å²) in [6, 6.07) is 8.33. The number of hydrogen-bond donors (Lipinski definition) is 1. The number of carbonyl (C=O) groups excluding carboxylic acids is 2. The van der Waals surface area contributed by atoms with Crippen LogP contribution in [0.4, 0.5) is 0 Å². The van der Waals surface area contributed by atoms with E-state index >= 15 is 0 Å². The van der Waals surface area contributed by atoms with Crippen LogP contribution in [0.25, 0.3) is 0 Å². The van der Waals surface area contributed by atoms with Crippen LogP contribution in [0.3, 0.4) is 0 Å². The molecule has 1 unspecified atom stereocenters. The molecule has 1 aromatic carbocycles. The van der Waals surface area contributed by atoms with Crippen molar-refractivity contribution in [2.24, 2.45) is 17.6 Å². The highest BCUT2D eigenvalue weighted by Crippen LogP contribution is 2.26. The number of amides is 2. The van der Waals surface area contributed by atoms with Gasteiger partial charge < -0.3 is 10.6 Å². The maximum Gasteiger partial charge on any atom is 0.243 e. The summed E-state index contributed by atoms with van der Waals surface area (Å²) in [7, 11) is -3.58. The van der Waals surface area contributed by atoms with E-state index in [-0.39, 0.29) is 35.1 Å². The average molecular weight is 379 g/mol. The molecule has 142 valence electrons. The molecule has 0 bridgehead atoms. The Labute approximate surface area is 154 Å². The lowest BCUT2D eigenvalue weighted by molar-refractivity contribution is -0.139. The molecule has 1 aromatic rings. The first-order valence-corrected chi connectivity index (χ1v) is 10.5. The molecule has 7 nitrogen and oxygen atoms in total. The molecule has 1 atom stereocenters. The SMILES string of the molecule is NC(=O)C1CCN(C(=O)C2CCCN(S(=O)(=O)c3ccccc3)C2)CC1. The smallest absolute Gasteiger partial charge is 0.243 e. The predicted octanol–water partition coefficient (Wildman–Crippen LogP) is 0.811. The third-order valence-electron chi connectivity index (χ3n) is 5.32. The molecular weight excluding hydrogens is 354 g/mol. The van der Waals surface area contributed by atoms with Crippen LogP contribution >= 0.6 is 0 Å². The molecule has 0 spiro atoms. The maximum atomic E-state index is 12.8. The Morgan fingerprint density at radius 1 is 0.962 bits per heavy atom. The molecular formula is C18H25N3O4S. The molecule has 0 aliphatic carbocycles. The highest BCUT2D eigenvalue weighted by Gasteiger charge is 2.36. The van der Waals surface area contributed by atoms with E-state index in [0.717, 1.165) is 0 Å². The van der Waals surface area contributed by atoms with Crippen molar-refractivity contribution < 1.29 is 18.0 Å². The lowest BCUT2D eigenvalue weighted by Crippen LogP contribution is -2.49. The summed E-state index contributed by atoms with van der Waals surface area (Å²) in [5.74, 6) is -0.816. The average Bonchev–Trinajstić information content (AvgIpc) is 2.68. The second-order valence-electron chi connectivity index (χ2n) is 7.02. The number of likely N-dealkylation sites (tertiary alicyclic amines) is 1. The zero-order valence-corrected chi connectivity index (χ0v) is 15.5. The Balaban J connectivity index is 1.65. The highest BCUT2D eigenvalue weighted by molar-refractivity contribution is 7.89. The molecule has 2 saturated heterocycles. The minimum Gasteiger partial charge on any atom is -0.369 e. The van der Waals surface area contributed by atoms with Crippen LogP contribution in [-0.4, -0.2) is 55.6 Å². The van der Waals surface area contributed by atoms with E-state index < -0.39 is 10.0 Å². The van der Waals surface area contributed by atoms with Crippen molar-refractivity contribution >= 4 is 21.8 Å². The van der Waals surface area contributed by atoms with Crippen LogP contribution in [0.1, 0.15) is 25.7 Å². The van der Waals surface area contributed by atoms with Gasteiger partial charge in [-0.2, -0.15) is 4.31 Å². The number of carbonyl (C=O) groups is 2. The van der Waals surface area contributed by atoms with Crippen LogP contribution in [0.15, 0.2) is 35.2 Å². The normalized spacial score (nSPS) is 22.9. The van der Waals surface area contributed by atoms with Crippen molar-refractivity contribution in [2.45, 2.75) is 30.6 Å². The van der Waals surface area contributed by atoms with Crippen molar-refractivity contribution in [3.05, 3.63) is 30.3 Å². The molecule has 3 rings (SSSR count). The third kappa shape index (κ3) is 3.91. The summed E-state index contributed by atoms with van der Waals surface area (Å²) in [5.41, 5.74) is 5.34. The number of hydrogen-bond acceptors (Lipinski definition) is 4. The fraction of sp³-hybridized carbons (Fsp3) is 0.556. The summed E-state index contributed by atoms with van der Waals surface area (Å²) in [6.45, 7) is 1.67. The lowest BCUT2D eigenvalue weighted by atomic mass is 9.93. The summed E-state index contributed by atoms with van der Waals surface area (Å²) < 4.78 is 27.0. The fourth-order valence-electron chi connectivity index (χ4n) is 3.75. The molecule has 2 heterocycles. The standard InChI is InChI=1S/C18H25N3O4S/c19-17(22)14-8-11-20(12-9-14)18(23)15-5-4-10-21(13-15)26(24,25)16-6-2-1-3-7-16/h1-3,6-7,14-15H,4-5,8-13H2,(H2,19,22). The van der Waals surface area contributed by atoms with Crippen molar-refractivity contribution in [3.63, 3.8) is 0 Å². The van der Waals surface area contributed by atoms with Crippen LogP contribution in [0.2, 0.25) is 0 Å². The van der Waals surface area contributed by atoms with Gasteiger partial charge in [-0.25, -0.2) is 8.42 Å². The highest BCUT2D eigenvalue weighted by atomic mass is 32.2. The van der Waals surface area contributed by atoms with Gasteiger partial charge in [0.1, 0.15) is 0 Å². The zero-order chi connectivity index (χ0) is 18.7. The van der Waals surface area contributed by atoms with Crippen molar-refractivity contribution in [1.29, 1.82) is 0 Å². The first kappa shape index (κ1) is 18.8. The Kier molecular flexibility index (Phi) is 5.62. The molecule has 2 fully saturated rings. The first-order chi connectivity index (χ1) is 12.4. The zero-order valence-electron chi connectivity index (χ0n) is 14.7. The van der Waals surface area contributed by atoms with Gasteiger partial charge in [-0.3, -0.25) is 9.59 Å². The summed E-state index contributed by atoms with van der Waals surface area (Å²) in [5, 5.41) is 0. The summed E-state index contributed by atoms with van der Waals surface area (Å²) >= 11 is 0. The molecule has 0 radical (unpaired) electrons. The van der Waals surface area contributed by atoms with Crippen LogP contribution < -0.4 is 5.73 Å². The van der Waals surface area contributed by atoms with Gasteiger partial charge in [-0.15, -0.1) is 0 Å². The minimum atomic E-state index is -3.58. The predicted molar refractivity (Wildman–Crippen MR) is 96.4 cm³/mol. The second-order valence-corrected chi connectivity index (χ2v) is 8.96. The quantitative estimate of drug-likeness (QED) is 0.836. The molecule has 2 aliphatic heterocycles. The monoisotopic (exact) mass is 379 g/mol. The van der Waals surface area contributed by atoms with E-state index in [1.165, 1.54) is 4.31 Å². The summed E-state index contributed by atoms with van der Waals surface area (Å²) in [6.07, 6.45) is 2.52. The van der Waals surface area contributed by atoms with E-state index in [9.17, 15) is 18.0 Å². The second kappa shape index (κ2) is 7.75. The van der Waals surface area contributed by atoms with Gasteiger partial charge in [0.05, 0.1) is 10.8 Å². The van der Waals surface area contributed by atoms with Crippen molar-refractivity contribution in [2.75, 3.05) is 26.2 Å². The van der Waals surface area contributed by atoms with E-state index in [1.807, 2.05) is 0 Å². The van der Waals surface area contributed by atoms with Crippen molar-refractivity contribution in [1.82, 2.24) is 9.21 Å². The number of nitrogens with two attached hydrogens (primary N) is 1. The molecule has 2 N–H and O–H groups in total. The largest absolute Gasteiger partial charge is 0.369 e. The van der Waals surface area contributed by atoms with Gasteiger partial charge in [-0.05, 0) is 37.8 Å². The molecule has 2 aliphatic rings. The fourth-order valence-corrected chi connectivity index (χ4v) is 5.29. The number of nitrogens with zero attached hydrogens (tertiary/aromatic N) is 2. The number of sulfonamides is 1. The third-order valence-corrected chi connectivity index (χ3v) is 7.20. The molecule has 26 heavy (non-hydrogen) atoms. The van der Waals surface area contributed by atoms with Crippen LogP contribution in [-0.2, 0) is 19.6 Å². The van der Waals surface area contributed by atoms with E-state index in [0.29, 0.717) is 45.3 Å². The van der Waals surface area contributed by atoms with Gasteiger partial charge in [-0.1, -0.05) is 18.2 Å². The topological polar surface area (TPSA) is 101 Å². The molecule has 2 amide bonds. The van der Waals surface area contributed by atoms with E-state index in [4.69, 9.17) is 5.73 Å². The number of rotatable bonds is 4. The molecule has 0 aromatic heterocycles. The molecule has 8 heteroatoms. The van der Waals surface area contributed by atoms with E-state index in [2.05, 4.69) is 0 Å². The Morgan fingerprint density at radius 2 is 1.62 bits per heavy atom. The summed E-state index contributed by atoms with van der Waals surface area (Å²) in [4.78, 5) is 26.1. The van der Waals surface area contributed by atoms with E-state index in [1.54, 1.807) is 35.2 Å². The van der Waals surface area contributed by atoms with Gasteiger partial charge in [0, 0.05) is 32.1 Å². The Bertz CT molecular complexity index is 758. The maximum absolute atomic E-state index is 12.8. The van der Waals surface area contributed by atoms with Crippen LogP contribution in [0, 0.1) is 11.8 Å². The van der Waals surface area contributed by atoms with Gasteiger partial charge in [0.25, 0.3) is 0 Å². The minimum absolute atomic E-state index is 0.0131. The van der Waals surface area contributed by atoms with Gasteiger partial charge >= 0.3 is 0 Å². The Morgan fingerprint density at radius 3 is 2.23 bits per heavy atom. The first-order valence-electron chi connectivity index (χ1n) is 9.03. The van der Waals surface area contributed by atoms with Crippen LogP contribution in [0.5, 0.6) is 0 Å².